The highest BCUT2D eigenvalue weighted by molar-refractivity contribution is 9.08. The van der Waals surface area contributed by atoms with Crippen LogP contribution in [0.3, 0.4) is 0 Å². The second-order valence-corrected chi connectivity index (χ2v) is 2.84. The Morgan fingerprint density at radius 2 is 1.91 bits per heavy atom. The van der Waals surface area contributed by atoms with E-state index in [-0.39, 0.29) is 0 Å². The third-order valence-electron chi connectivity index (χ3n) is 1.55. The van der Waals surface area contributed by atoms with Gasteiger partial charge >= 0.3 is 0 Å². The molecule has 0 saturated heterocycles. The van der Waals surface area contributed by atoms with Crippen molar-refractivity contribution in [1.82, 2.24) is 0 Å². The molecule has 0 atom stereocenters. The Labute approximate surface area is 75.8 Å². The first-order valence-electron chi connectivity index (χ1n) is 3.44. The van der Waals surface area contributed by atoms with Gasteiger partial charge in [-0.25, -0.2) is 0 Å². The zero-order valence-electron chi connectivity index (χ0n) is 6.18. The molecule has 0 radical (unpaired) electrons. The van der Waals surface area contributed by atoms with Crippen LogP contribution in [0.25, 0.3) is 0 Å². The zero-order chi connectivity index (χ0) is 8.10. The van der Waals surface area contributed by atoms with Crippen molar-refractivity contribution in [2.45, 2.75) is 11.8 Å². The average molecular weight is 209 g/mol. The van der Waals surface area contributed by atoms with Gasteiger partial charge in [-0.1, -0.05) is 40.2 Å². The molecule has 0 fully saturated rings. The number of hydrogen-bond donors (Lipinski definition) is 0. The molecule has 1 heteroatoms. The lowest BCUT2D eigenvalue weighted by Gasteiger charge is -2.01. The van der Waals surface area contributed by atoms with Gasteiger partial charge in [0.15, 0.2) is 0 Å². The summed E-state index contributed by atoms with van der Waals surface area (Å²) in [5.74, 6) is 2.64. The number of benzene rings is 1. The van der Waals surface area contributed by atoms with Crippen molar-refractivity contribution in [3.63, 3.8) is 0 Å². The highest BCUT2D eigenvalue weighted by atomic mass is 79.9. The number of terminal acetylenes is 1. The summed E-state index contributed by atoms with van der Waals surface area (Å²) in [6, 6.07) is 8.19. The molecule has 0 bridgehead atoms. The van der Waals surface area contributed by atoms with Crippen LogP contribution in [0.1, 0.15) is 11.1 Å². The van der Waals surface area contributed by atoms with E-state index in [4.69, 9.17) is 6.42 Å². The summed E-state index contributed by atoms with van der Waals surface area (Å²) >= 11 is 3.41. The minimum atomic E-state index is 0.724. The smallest absolute Gasteiger partial charge is 0.0340 e. The Morgan fingerprint density at radius 3 is 2.45 bits per heavy atom. The Hall–Kier alpha value is -0.740. The highest BCUT2D eigenvalue weighted by Crippen LogP contribution is 2.12. The Balaban J connectivity index is 2.94. The predicted octanol–water partition coefficient (Wildman–Crippen LogP) is 2.76. The van der Waals surface area contributed by atoms with Crippen LogP contribution < -0.4 is 0 Å². The van der Waals surface area contributed by atoms with Crippen molar-refractivity contribution in [2.24, 2.45) is 0 Å². The van der Waals surface area contributed by atoms with Gasteiger partial charge < -0.3 is 0 Å². The predicted molar refractivity (Wildman–Crippen MR) is 51.6 cm³/mol. The van der Waals surface area contributed by atoms with Gasteiger partial charge in [-0.05, 0) is 11.1 Å². The molecule has 0 spiro atoms. The number of rotatable bonds is 2. The second kappa shape index (κ2) is 4.20. The first kappa shape index (κ1) is 8.36. The summed E-state index contributed by atoms with van der Waals surface area (Å²) in [7, 11) is 0. The molecule has 0 nitrogen and oxygen atoms in total. The van der Waals surface area contributed by atoms with Crippen LogP contribution in [0.4, 0.5) is 0 Å². The summed E-state index contributed by atoms with van der Waals surface area (Å²) in [6.45, 7) is 0. The van der Waals surface area contributed by atoms with Crippen molar-refractivity contribution in [3.05, 3.63) is 35.4 Å². The van der Waals surface area contributed by atoms with Crippen LogP contribution in [0.5, 0.6) is 0 Å². The molecular formula is C10H9Br. The molecule has 0 saturated carbocycles. The SMILES string of the molecule is C#CCc1ccccc1CBr. The summed E-state index contributed by atoms with van der Waals surface area (Å²) in [6.07, 6.45) is 5.94. The van der Waals surface area contributed by atoms with Crippen molar-refractivity contribution in [1.29, 1.82) is 0 Å². The molecule has 0 heterocycles. The van der Waals surface area contributed by atoms with E-state index in [9.17, 15) is 0 Å². The van der Waals surface area contributed by atoms with Gasteiger partial charge in [0, 0.05) is 11.8 Å². The van der Waals surface area contributed by atoms with Gasteiger partial charge in [0.1, 0.15) is 0 Å². The molecule has 0 amide bonds. The quantitative estimate of drug-likeness (QED) is 0.519. The van der Waals surface area contributed by atoms with E-state index in [2.05, 4.69) is 34.0 Å². The fraction of sp³-hybridized carbons (Fsp3) is 0.200. The first-order valence-corrected chi connectivity index (χ1v) is 4.57. The molecule has 1 aromatic carbocycles. The Bertz CT molecular complexity index is 270. The van der Waals surface area contributed by atoms with Crippen LogP contribution in [0.2, 0.25) is 0 Å². The van der Waals surface area contributed by atoms with E-state index < -0.39 is 0 Å². The fourth-order valence-corrected chi connectivity index (χ4v) is 1.52. The third-order valence-corrected chi connectivity index (χ3v) is 2.16. The Morgan fingerprint density at radius 1 is 1.27 bits per heavy atom. The van der Waals surface area contributed by atoms with Gasteiger partial charge in [-0.2, -0.15) is 0 Å². The van der Waals surface area contributed by atoms with Crippen LogP contribution >= 0.6 is 15.9 Å². The monoisotopic (exact) mass is 208 g/mol. The molecule has 0 aliphatic rings. The summed E-state index contributed by atoms with van der Waals surface area (Å²) in [5.41, 5.74) is 2.53. The summed E-state index contributed by atoms with van der Waals surface area (Å²) in [4.78, 5) is 0. The Kier molecular flexibility index (Phi) is 3.19. The van der Waals surface area contributed by atoms with Crippen LogP contribution in [-0.2, 0) is 11.8 Å². The van der Waals surface area contributed by atoms with Gasteiger partial charge in [-0.3, -0.25) is 0 Å². The molecule has 56 valence electrons. The largest absolute Gasteiger partial charge is 0.120 e. The van der Waals surface area contributed by atoms with Crippen molar-refractivity contribution in [3.8, 4) is 12.3 Å². The van der Waals surface area contributed by atoms with Crippen LogP contribution in [0, 0.1) is 12.3 Å². The molecule has 1 rings (SSSR count). The molecule has 11 heavy (non-hydrogen) atoms. The van der Waals surface area contributed by atoms with E-state index in [1.165, 1.54) is 11.1 Å². The molecule has 0 aliphatic heterocycles. The molecular weight excluding hydrogens is 200 g/mol. The lowest BCUT2D eigenvalue weighted by atomic mass is 10.1. The molecule has 0 N–H and O–H groups in total. The molecule has 0 unspecified atom stereocenters. The molecule has 0 aliphatic carbocycles. The number of hydrogen-bond acceptors (Lipinski definition) is 0. The van der Waals surface area contributed by atoms with Gasteiger partial charge in [0.25, 0.3) is 0 Å². The summed E-state index contributed by atoms with van der Waals surface area (Å²) in [5, 5.41) is 0.880. The number of alkyl halides is 1. The minimum absolute atomic E-state index is 0.724. The highest BCUT2D eigenvalue weighted by Gasteiger charge is 1.96. The zero-order valence-corrected chi connectivity index (χ0v) is 7.76. The lowest BCUT2D eigenvalue weighted by molar-refractivity contribution is 1.24. The van der Waals surface area contributed by atoms with Crippen molar-refractivity contribution >= 4 is 15.9 Å². The topological polar surface area (TPSA) is 0 Å². The standard InChI is InChI=1S/C10H9Br/c1-2-5-9-6-3-4-7-10(9)8-11/h1,3-4,6-7H,5,8H2. The van der Waals surface area contributed by atoms with E-state index in [0.29, 0.717) is 0 Å². The van der Waals surface area contributed by atoms with Crippen LogP contribution in [-0.4, -0.2) is 0 Å². The van der Waals surface area contributed by atoms with Gasteiger partial charge in [-0.15, -0.1) is 12.3 Å². The third kappa shape index (κ3) is 2.10. The maximum Gasteiger partial charge on any atom is 0.0340 e. The average Bonchev–Trinajstić information content (AvgIpc) is 2.06. The normalized spacial score (nSPS) is 9.09. The van der Waals surface area contributed by atoms with E-state index in [1.807, 2.05) is 12.1 Å². The van der Waals surface area contributed by atoms with Crippen molar-refractivity contribution in [2.75, 3.05) is 0 Å². The van der Waals surface area contributed by atoms with Crippen LogP contribution in [0.15, 0.2) is 24.3 Å². The number of halogens is 1. The minimum Gasteiger partial charge on any atom is -0.120 e. The van der Waals surface area contributed by atoms with Crippen molar-refractivity contribution < 1.29 is 0 Å². The second-order valence-electron chi connectivity index (χ2n) is 2.28. The lowest BCUT2D eigenvalue weighted by Crippen LogP contribution is -1.88. The first-order chi connectivity index (χ1) is 5.38. The maximum atomic E-state index is 5.22. The fourth-order valence-electron chi connectivity index (χ4n) is 0.970. The van der Waals surface area contributed by atoms with E-state index >= 15 is 0 Å². The van der Waals surface area contributed by atoms with E-state index in [0.717, 1.165) is 11.8 Å². The van der Waals surface area contributed by atoms with E-state index in [1.54, 1.807) is 0 Å². The summed E-state index contributed by atoms with van der Waals surface area (Å²) < 4.78 is 0. The van der Waals surface area contributed by atoms with Gasteiger partial charge in [0.2, 0.25) is 0 Å². The maximum absolute atomic E-state index is 5.22. The van der Waals surface area contributed by atoms with Gasteiger partial charge in [0.05, 0.1) is 0 Å². The molecule has 0 aromatic heterocycles. The molecule has 1 aromatic rings.